The van der Waals surface area contributed by atoms with Gasteiger partial charge in [0.15, 0.2) is 0 Å². The van der Waals surface area contributed by atoms with E-state index in [1.54, 1.807) is 11.8 Å². The van der Waals surface area contributed by atoms with Crippen LogP contribution < -0.4 is 0 Å². The average molecular weight is 293 g/mol. The maximum atomic E-state index is 12.8. The minimum absolute atomic E-state index is 0.0313. The van der Waals surface area contributed by atoms with E-state index in [1.807, 2.05) is 36.3 Å². The SMILES string of the molecule is CSc1ccc(C)c(C(=O)N(CCO)C2CCCC2)c1. The van der Waals surface area contributed by atoms with Crippen LogP contribution in [0.2, 0.25) is 0 Å². The smallest absolute Gasteiger partial charge is 0.254 e. The molecule has 4 heteroatoms. The van der Waals surface area contributed by atoms with Crippen molar-refractivity contribution in [3.63, 3.8) is 0 Å². The van der Waals surface area contributed by atoms with Crippen LogP contribution in [-0.4, -0.2) is 41.4 Å². The minimum atomic E-state index is 0.0313. The summed E-state index contributed by atoms with van der Waals surface area (Å²) in [6.07, 6.45) is 6.51. The Morgan fingerprint density at radius 3 is 2.70 bits per heavy atom. The van der Waals surface area contributed by atoms with Gasteiger partial charge in [-0.3, -0.25) is 4.79 Å². The second-order valence-corrected chi connectivity index (χ2v) is 6.22. The highest BCUT2D eigenvalue weighted by Gasteiger charge is 2.27. The van der Waals surface area contributed by atoms with Crippen molar-refractivity contribution in [2.45, 2.75) is 43.5 Å². The number of aliphatic hydroxyl groups excluding tert-OH is 1. The number of rotatable bonds is 5. The fraction of sp³-hybridized carbons (Fsp3) is 0.562. The maximum Gasteiger partial charge on any atom is 0.254 e. The van der Waals surface area contributed by atoms with Gasteiger partial charge < -0.3 is 10.0 Å². The first-order chi connectivity index (χ1) is 9.67. The number of carbonyl (C=O) groups excluding carboxylic acids is 1. The van der Waals surface area contributed by atoms with Crippen LogP contribution in [-0.2, 0) is 0 Å². The number of thioether (sulfide) groups is 1. The molecule has 2 rings (SSSR count). The summed E-state index contributed by atoms with van der Waals surface area (Å²) >= 11 is 1.65. The van der Waals surface area contributed by atoms with Crippen LogP contribution >= 0.6 is 11.8 Å². The van der Waals surface area contributed by atoms with E-state index < -0.39 is 0 Å². The fourth-order valence-corrected chi connectivity index (χ4v) is 3.33. The lowest BCUT2D eigenvalue weighted by Crippen LogP contribution is -2.41. The highest BCUT2D eigenvalue weighted by atomic mass is 32.2. The summed E-state index contributed by atoms with van der Waals surface area (Å²) in [5.74, 6) is 0.0688. The zero-order valence-electron chi connectivity index (χ0n) is 12.3. The molecule has 3 nitrogen and oxygen atoms in total. The summed E-state index contributed by atoms with van der Waals surface area (Å²) in [7, 11) is 0. The molecule has 20 heavy (non-hydrogen) atoms. The van der Waals surface area contributed by atoms with Crippen molar-refractivity contribution in [3.05, 3.63) is 29.3 Å². The molecule has 0 bridgehead atoms. The normalized spacial score (nSPS) is 15.6. The summed E-state index contributed by atoms with van der Waals surface area (Å²) in [5.41, 5.74) is 1.78. The van der Waals surface area contributed by atoms with Crippen LogP contribution in [0.5, 0.6) is 0 Å². The van der Waals surface area contributed by atoms with Gasteiger partial charge in [-0.15, -0.1) is 11.8 Å². The number of carbonyl (C=O) groups is 1. The van der Waals surface area contributed by atoms with Gasteiger partial charge in [-0.25, -0.2) is 0 Å². The number of hydrogen-bond donors (Lipinski definition) is 1. The van der Waals surface area contributed by atoms with E-state index in [-0.39, 0.29) is 12.5 Å². The number of nitrogens with zero attached hydrogens (tertiary/aromatic N) is 1. The van der Waals surface area contributed by atoms with Gasteiger partial charge in [-0.1, -0.05) is 18.9 Å². The Kier molecular flexibility index (Phi) is 5.49. The molecule has 0 unspecified atom stereocenters. The molecule has 1 N–H and O–H groups in total. The van der Waals surface area contributed by atoms with E-state index in [0.29, 0.717) is 12.6 Å². The predicted molar refractivity (Wildman–Crippen MR) is 83.3 cm³/mol. The van der Waals surface area contributed by atoms with Crippen molar-refractivity contribution in [1.82, 2.24) is 4.90 Å². The Labute approximate surface area is 125 Å². The van der Waals surface area contributed by atoms with Crippen LogP contribution in [0, 0.1) is 6.92 Å². The van der Waals surface area contributed by atoms with Gasteiger partial charge in [0.05, 0.1) is 6.61 Å². The van der Waals surface area contributed by atoms with Crippen molar-refractivity contribution >= 4 is 17.7 Å². The first-order valence-electron chi connectivity index (χ1n) is 7.24. The van der Waals surface area contributed by atoms with Crippen LogP contribution in [0.1, 0.15) is 41.6 Å². The fourth-order valence-electron chi connectivity index (χ4n) is 2.89. The van der Waals surface area contributed by atoms with E-state index in [2.05, 4.69) is 0 Å². The molecule has 1 amide bonds. The molecule has 0 aliphatic heterocycles. The highest BCUT2D eigenvalue weighted by Crippen LogP contribution is 2.26. The first kappa shape index (κ1) is 15.4. The zero-order chi connectivity index (χ0) is 14.5. The van der Waals surface area contributed by atoms with Gasteiger partial charge in [0.2, 0.25) is 0 Å². The predicted octanol–water partition coefficient (Wildman–Crippen LogP) is 3.09. The lowest BCUT2D eigenvalue weighted by atomic mass is 10.1. The number of aryl methyl sites for hydroxylation is 1. The Hall–Kier alpha value is -1.00. The Balaban J connectivity index is 2.26. The van der Waals surface area contributed by atoms with E-state index in [0.717, 1.165) is 28.9 Å². The number of amides is 1. The molecule has 1 fully saturated rings. The Morgan fingerprint density at radius 1 is 1.40 bits per heavy atom. The van der Waals surface area contributed by atoms with Crippen LogP contribution in [0.15, 0.2) is 23.1 Å². The van der Waals surface area contributed by atoms with Crippen molar-refractivity contribution in [2.75, 3.05) is 19.4 Å². The lowest BCUT2D eigenvalue weighted by Gasteiger charge is -2.29. The zero-order valence-corrected chi connectivity index (χ0v) is 13.1. The average Bonchev–Trinajstić information content (AvgIpc) is 2.98. The molecule has 1 aromatic carbocycles. The van der Waals surface area contributed by atoms with E-state index in [9.17, 15) is 9.90 Å². The second-order valence-electron chi connectivity index (χ2n) is 5.34. The molecule has 0 radical (unpaired) electrons. The molecule has 110 valence electrons. The molecule has 1 aliphatic carbocycles. The van der Waals surface area contributed by atoms with Crippen molar-refractivity contribution < 1.29 is 9.90 Å². The summed E-state index contributed by atoms with van der Waals surface area (Å²) in [6, 6.07) is 6.32. The van der Waals surface area contributed by atoms with E-state index >= 15 is 0 Å². The van der Waals surface area contributed by atoms with Crippen molar-refractivity contribution in [2.24, 2.45) is 0 Å². The monoisotopic (exact) mass is 293 g/mol. The summed E-state index contributed by atoms with van der Waals surface area (Å²) in [6.45, 7) is 2.44. The van der Waals surface area contributed by atoms with Gasteiger partial charge in [0, 0.05) is 23.0 Å². The Bertz CT molecular complexity index is 470. The standard InChI is InChI=1S/C16H23NO2S/c1-12-7-8-14(20-2)11-15(12)16(19)17(9-10-18)13-5-3-4-6-13/h7-8,11,13,18H,3-6,9-10H2,1-2H3. The molecule has 0 saturated heterocycles. The van der Waals surface area contributed by atoms with E-state index in [4.69, 9.17) is 0 Å². The van der Waals surface area contributed by atoms with Gasteiger partial charge in [0.25, 0.3) is 5.91 Å². The minimum Gasteiger partial charge on any atom is -0.395 e. The van der Waals surface area contributed by atoms with Gasteiger partial charge in [0.1, 0.15) is 0 Å². The quantitative estimate of drug-likeness (QED) is 0.848. The highest BCUT2D eigenvalue weighted by molar-refractivity contribution is 7.98. The van der Waals surface area contributed by atoms with Gasteiger partial charge in [-0.05, 0) is 43.7 Å². The lowest BCUT2D eigenvalue weighted by molar-refractivity contribution is 0.0637. The third kappa shape index (κ3) is 3.36. The van der Waals surface area contributed by atoms with Crippen molar-refractivity contribution in [3.8, 4) is 0 Å². The molecule has 1 saturated carbocycles. The van der Waals surface area contributed by atoms with Crippen LogP contribution in [0.25, 0.3) is 0 Å². The van der Waals surface area contributed by atoms with Gasteiger partial charge >= 0.3 is 0 Å². The second kappa shape index (κ2) is 7.14. The van der Waals surface area contributed by atoms with Gasteiger partial charge in [-0.2, -0.15) is 0 Å². The first-order valence-corrected chi connectivity index (χ1v) is 8.46. The molecule has 0 heterocycles. The summed E-state index contributed by atoms with van der Waals surface area (Å²) in [4.78, 5) is 15.8. The third-order valence-corrected chi connectivity index (χ3v) is 4.77. The number of hydrogen-bond acceptors (Lipinski definition) is 3. The van der Waals surface area contributed by atoms with Crippen molar-refractivity contribution in [1.29, 1.82) is 0 Å². The molecule has 0 atom stereocenters. The molecule has 1 aliphatic rings. The third-order valence-electron chi connectivity index (χ3n) is 4.04. The van der Waals surface area contributed by atoms with Crippen LogP contribution in [0.3, 0.4) is 0 Å². The maximum absolute atomic E-state index is 12.8. The van der Waals surface area contributed by atoms with E-state index in [1.165, 1.54) is 12.8 Å². The summed E-state index contributed by atoms with van der Waals surface area (Å²) in [5, 5.41) is 9.26. The molecular weight excluding hydrogens is 270 g/mol. The molecule has 0 spiro atoms. The number of aliphatic hydroxyl groups is 1. The molecular formula is C16H23NO2S. The number of benzene rings is 1. The van der Waals surface area contributed by atoms with Crippen LogP contribution in [0.4, 0.5) is 0 Å². The summed E-state index contributed by atoms with van der Waals surface area (Å²) < 4.78 is 0. The largest absolute Gasteiger partial charge is 0.395 e. The Morgan fingerprint density at radius 2 is 2.10 bits per heavy atom. The molecule has 1 aromatic rings. The topological polar surface area (TPSA) is 40.5 Å². The molecule has 0 aromatic heterocycles.